The molecule has 8 nitrogen and oxygen atoms in total. The predicted molar refractivity (Wildman–Crippen MR) is 120 cm³/mol. The predicted octanol–water partition coefficient (Wildman–Crippen LogP) is 1.82. The second kappa shape index (κ2) is 12.2. The maximum atomic E-state index is 12.2. The highest BCUT2D eigenvalue weighted by Gasteiger charge is 2.04. The van der Waals surface area contributed by atoms with Crippen molar-refractivity contribution in [2.45, 2.75) is 12.8 Å². The molecule has 0 atom stereocenters. The zero-order chi connectivity index (χ0) is 21.8. The summed E-state index contributed by atoms with van der Waals surface area (Å²) in [6, 6.07) is 14.9. The largest absolute Gasteiger partial charge is 0.395 e. The molecule has 2 aromatic carbocycles. The van der Waals surface area contributed by atoms with Crippen molar-refractivity contribution in [3.05, 3.63) is 59.7 Å². The van der Waals surface area contributed by atoms with Crippen LogP contribution in [0.1, 0.15) is 28.8 Å². The zero-order valence-electron chi connectivity index (χ0n) is 17.4. The number of aliphatic hydroxyl groups excluding tert-OH is 1. The Labute approximate surface area is 177 Å². The third-order valence-corrected chi connectivity index (χ3v) is 4.26. The van der Waals surface area contributed by atoms with E-state index in [1.54, 1.807) is 18.3 Å². The molecule has 0 saturated heterocycles. The first-order chi connectivity index (χ1) is 14.5. The van der Waals surface area contributed by atoms with Crippen molar-refractivity contribution in [3.8, 4) is 0 Å². The van der Waals surface area contributed by atoms with Crippen LogP contribution in [0.15, 0.2) is 53.6 Å². The van der Waals surface area contributed by atoms with E-state index in [1.165, 1.54) is 0 Å². The molecule has 0 aliphatic rings. The Morgan fingerprint density at radius 1 is 1.10 bits per heavy atom. The summed E-state index contributed by atoms with van der Waals surface area (Å²) in [4.78, 5) is 25.7. The van der Waals surface area contributed by atoms with Crippen molar-refractivity contribution in [3.63, 3.8) is 0 Å². The lowest BCUT2D eigenvalue weighted by Gasteiger charge is -2.12. The lowest BCUT2D eigenvalue weighted by molar-refractivity contribution is -0.121. The second-order valence-corrected chi connectivity index (χ2v) is 6.87. The Kier molecular flexibility index (Phi) is 9.33. The molecule has 0 aliphatic heterocycles. The summed E-state index contributed by atoms with van der Waals surface area (Å²) < 4.78 is 0. The van der Waals surface area contributed by atoms with E-state index in [0.717, 1.165) is 16.9 Å². The molecule has 0 heterocycles. The molecule has 2 aromatic rings. The molecule has 0 fully saturated rings. The molecule has 8 heteroatoms. The Hall–Kier alpha value is -3.39. The lowest BCUT2D eigenvalue weighted by Crippen LogP contribution is -2.26. The van der Waals surface area contributed by atoms with Crippen LogP contribution in [0.25, 0.3) is 0 Å². The van der Waals surface area contributed by atoms with Crippen LogP contribution in [-0.2, 0) is 4.79 Å². The molecule has 160 valence electrons. The molecular weight excluding hydrogens is 382 g/mol. The van der Waals surface area contributed by atoms with Crippen LogP contribution in [0.2, 0.25) is 0 Å². The SMILES string of the molecule is CN(C)c1cccc(C=NNC(=O)c2ccc(NCCCC(=O)NCCO)cc2)c1. The monoisotopic (exact) mass is 411 g/mol. The maximum Gasteiger partial charge on any atom is 0.271 e. The van der Waals surface area contributed by atoms with Gasteiger partial charge in [-0.25, -0.2) is 5.43 Å². The fraction of sp³-hybridized carbons (Fsp3) is 0.318. The summed E-state index contributed by atoms with van der Waals surface area (Å²) in [6.07, 6.45) is 2.67. The van der Waals surface area contributed by atoms with Gasteiger partial charge in [0.1, 0.15) is 0 Å². The smallest absolute Gasteiger partial charge is 0.271 e. The number of rotatable bonds is 11. The maximum absolute atomic E-state index is 12.2. The fourth-order valence-corrected chi connectivity index (χ4v) is 2.62. The van der Waals surface area contributed by atoms with Gasteiger partial charge in [-0.1, -0.05) is 12.1 Å². The fourth-order valence-electron chi connectivity index (χ4n) is 2.62. The first-order valence-corrected chi connectivity index (χ1v) is 9.82. The highest BCUT2D eigenvalue weighted by Crippen LogP contribution is 2.12. The number of nitrogens with zero attached hydrogens (tertiary/aromatic N) is 2. The van der Waals surface area contributed by atoms with E-state index in [1.807, 2.05) is 55.4 Å². The molecule has 4 N–H and O–H groups in total. The first kappa shape index (κ1) is 22.9. The minimum Gasteiger partial charge on any atom is -0.395 e. The lowest BCUT2D eigenvalue weighted by atomic mass is 10.2. The van der Waals surface area contributed by atoms with Crippen molar-refractivity contribution in [1.82, 2.24) is 10.7 Å². The number of hydrazone groups is 1. The van der Waals surface area contributed by atoms with Gasteiger partial charge in [-0.15, -0.1) is 0 Å². The van der Waals surface area contributed by atoms with Gasteiger partial charge in [-0.05, 0) is 48.4 Å². The minimum absolute atomic E-state index is 0.0567. The van der Waals surface area contributed by atoms with E-state index in [4.69, 9.17) is 5.11 Å². The number of hydrogen-bond donors (Lipinski definition) is 4. The summed E-state index contributed by atoms with van der Waals surface area (Å²) in [5, 5.41) is 18.5. The summed E-state index contributed by atoms with van der Waals surface area (Å²) >= 11 is 0. The molecule has 30 heavy (non-hydrogen) atoms. The van der Waals surface area contributed by atoms with Crippen LogP contribution in [-0.4, -0.2) is 56.9 Å². The molecule has 2 amide bonds. The molecule has 0 bridgehead atoms. The number of anilines is 2. The summed E-state index contributed by atoms with van der Waals surface area (Å²) in [5.41, 5.74) is 5.85. The van der Waals surface area contributed by atoms with Crippen LogP contribution >= 0.6 is 0 Å². The zero-order valence-corrected chi connectivity index (χ0v) is 17.4. The normalized spacial score (nSPS) is 10.6. The van der Waals surface area contributed by atoms with Gasteiger partial charge in [0.15, 0.2) is 0 Å². The number of benzene rings is 2. The van der Waals surface area contributed by atoms with Gasteiger partial charge in [0.25, 0.3) is 5.91 Å². The van der Waals surface area contributed by atoms with Crippen molar-refractivity contribution in [2.24, 2.45) is 5.10 Å². The Bertz CT molecular complexity index is 850. The van der Waals surface area contributed by atoms with E-state index in [-0.39, 0.29) is 25.0 Å². The molecule has 0 saturated carbocycles. The van der Waals surface area contributed by atoms with Gasteiger partial charge in [-0.2, -0.15) is 5.10 Å². The van der Waals surface area contributed by atoms with Gasteiger partial charge in [0.05, 0.1) is 12.8 Å². The molecule has 0 aliphatic carbocycles. The number of carbonyl (C=O) groups excluding carboxylic acids is 2. The van der Waals surface area contributed by atoms with Gasteiger partial charge in [-0.3, -0.25) is 9.59 Å². The quantitative estimate of drug-likeness (QED) is 0.256. The highest BCUT2D eigenvalue weighted by molar-refractivity contribution is 5.95. The third-order valence-electron chi connectivity index (χ3n) is 4.26. The molecule has 0 unspecified atom stereocenters. The van der Waals surface area contributed by atoms with Crippen molar-refractivity contribution >= 4 is 29.4 Å². The van der Waals surface area contributed by atoms with Gasteiger partial charge in [0.2, 0.25) is 5.91 Å². The van der Waals surface area contributed by atoms with E-state index < -0.39 is 0 Å². The third kappa shape index (κ3) is 7.92. The van der Waals surface area contributed by atoms with Crippen LogP contribution in [0.3, 0.4) is 0 Å². The van der Waals surface area contributed by atoms with Gasteiger partial charge in [0, 0.05) is 50.5 Å². The number of carbonyl (C=O) groups is 2. The van der Waals surface area contributed by atoms with Gasteiger partial charge >= 0.3 is 0 Å². The average molecular weight is 412 g/mol. The number of aliphatic hydroxyl groups is 1. The van der Waals surface area contributed by atoms with Gasteiger partial charge < -0.3 is 20.6 Å². The standard InChI is InChI=1S/C22H29N5O3/c1-27(2)20-6-3-5-17(15-20)16-25-26-22(30)18-8-10-19(11-9-18)23-12-4-7-21(29)24-13-14-28/h3,5-6,8-11,15-16,23,28H,4,7,12-14H2,1-2H3,(H,24,29)(H,26,30). The van der Waals surface area contributed by atoms with Crippen LogP contribution in [0.5, 0.6) is 0 Å². The summed E-state index contributed by atoms with van der Waals surface area (Å²) in [6.45, 7) is 0.857. The highest BCUT2D eigenvalue weighted by atomic mass is 16.3. The van der Waals surface area contributed by atoms with Crippen molar-refractivity contribution < 1.29 is 14.7 Å². The number of hydrogen-bond acceptors (Lipinski definition) is 6. The minimum atomic E-state index is -0.290. The summed E-state index contributed by atoms with van der Waals surface area (Å²) in [7, 11) is 3.93. The Morgan fingerprint density at radius 2 is 1.87 bits per heavy atom. The Balaban J connectivity index is 1.76. The van der Waals surface area contributed by atoms with E-state index in [2.05, 4.69) is 21.2 Å². The van der Waals surface area contributed by atoms with E-state index in [9.17, 15) is 9.59 Å². The molecule has 0 spiro atoms. The van der Waals surface area contributed by atoms with E-state index >= 15 is 0 Å². The van der Waals surface area contributed by atoms with Crippen molar-refractivity contribution in [2.75, 3.05) is 44.0 Å². The van der Waals surface area contributed by atoms with Crippen LogP contribution in [0.4, 0.5) is 11.4 Å². The first-order valence-electron chi connectivity index (χ1n) is 9.82. The molecule has 2 rings (SSSR count). The molecule has 0 aromatic heterocycles. The van der Waals surface area contributed by atoms with Crippen LogP contribution < -0.4 is 21.0 Å². The second-order valence-electron chi connectivity index (χ2n) is 6.87. The Morgan fingerprint density at radius 3 is 2.57 bits per heavy atom. The molecular formula is C22H29N5O3. The number of amides is 2. The van der Waals surface area contributed by atoms with E-state index in [0.29, 0.717) is 24.9 Å². The summed E-state index contributed by atoms with van der Waals surface area (Å²) in [5.74, 6) is -0.367. The topological polar surface area (TPSA) is 106 Å². The van der Waals surface area contributed by atoms with Crippen molar-refractivity contribution in [1.29, 1.82) is 0 Å². The number of nitrogens with one attached hydrogen (secondary N) is 3. The molecule has 0 radical (unpaired) electrons. The van der Waals surface area contributed by atoms with Crippen LogP contribution in [0, 0.1) is 0 Å². The average Bonchev–Trinajstić information content (AvgIpc) is 2.75.